The van der Waals surface area contributed by atoms with Crippen molar-refractivity contribution in [2.45, 2.75) is 26.9 Å². The second kappa shape index (κ2) is 6.02. The first kappa shape index (κ1) is 13.8. The van der Waals surface area contributed by atoms with Gasteiger partial charge in [0.15, 0.2) is 0 Å². The average Bonchev–Trinajstić information content (AvgIpc) is 2.77. The predicted octanol–water partition coefficient (Wildman–Crippen LogP) is 1.66. The molecule has 0 bridgehead atoms. The van der Waals surface area contributed by atoms with Crippen molar-refractivity contribution in [1.29, 1.82) is 0 Å². The topological polar surface area (TPSA) is 63.2 Å². The third kappa shape index (κ3) is 3.44. The predicted molar refractivity (Wildman–Crippen MR) is 74.2 cm³/mol. The molecule has 2 heterocycles. The van der Waals surface area contributed by atoms with Gasteiger partial charge in [-0.25, -0.2) is 4.98 Å². The lowest BCUT2D eigenvalue weighted by Crippen LogP contribution is -2.28. The van der Waals surface area contributed by atoms with Crippen LogP contribution in [0.3, 0.4) is 0 Å². The van der Waals surface area contributed by atoms with Crippen LogP contribution < -0.4 is 15.4 Å². The van der Waals surface area contributed by atoms with Gasteiger partial charge in [0.2, 0.25) is 11.8 Å². The van der Waals surface area contributed by atoms with E-state index < -0.39 is 0 Å². The third-order valence-corrected chi connectivity index (χ3v) is 3.23. The molecule has 2 rings (SSSR count). The summed E-state index contributed by atoms with van der Waals surface area (Å²) < 4.78 is 5.59. The standard InChI is InChI=1S/C14H21N3O2/c1-9(2)19-14-12(5-4-6-16-14)17-13(18)11-8-15-7-10(11)3/h4-6,9-11,15H,7-8H2,1-3H3,(H,17,18)/t10-,11-/m1/s1. The van der Waals surface area contributed by atoms with Crippen molar-refractivity contribution in [2.24, 2.45) is 11.8 Å². The van der Waals surface area contributed by atoms with Crippen molar-refractivity contribution in [3.05, 3.63) is 18.3 Å². The van der Waals surface area contributed by atoms with E-state index in [9.17, 15) is 4.79 Å². The highest BCUT2D eigenvalue weighted by Crippen LogP contribution is 2.24. The first-order valence-corrected chi connectivity index (χ1v) is 6.71. The molecule has 1 fully saturated rings. The molecule has 1 aliphatic rings. The number of ether oxygens (including phenoxy) is 1. The fraction of sp³-hybridized carbons (Fsp3) is 0.571. The number of rotatable bonds is 4. The normalized spacial score (nSPS) is 22.5. The Hall–Kier alpha value is -1.62. The number of hydrogen-bond donors (Lipinski definition) is 2. The lowest BCUT2D eigenvalue weighted by atomic mass is 9.97. The molecule has 1 saturated heterocycles. The van der Waals surface area contributed by atoms with Crippen LogP contribution in [0.5, 0.6) is 5.88 Å². The van der Waals surface area contributed by atoms with Crippen LogP contribution in [-0.4, -0.2) is 30.1 Å². The summed E-state index contributed by atoms with van der Waals surface area (Å²) in [6, 6.07) is 3.61. The number of carbonyl (C=O) groups excluding carboxylic acids is 1. The highest BCUT2D eigenvalue weighted by molar-refractivity contribution is 5.94. The number of nitrogens with one attached hydrogen (secondary N) is 2. The monoisotopic (exact) mass is 263 g/mol. The van der Waals surface area contributed by atoms with Gasteiger partial charge in [-0.1, -0.05) is 6.92 Å². The van der Waals surface area contributed by atoms with Gasteiger partial charge in [-0.2, -0.15) is 0 Å². The van der Waals surface area contributed by atoms with Crippen molar-refractivity contribution in [2.75, 3.05) is 18.4 Å². The zero-order valence-corrected chi connectivity index (χ0v) is 11.6. The first-order valence-electron chi connectivity index (χ1n) is 6.71. The maximum Gasteiger partial charge on any atom is 0.238 e. The van der Waals surface area contributed by atoms with Gasteiger partial charge in [-0.05, 0) is 38.4 Å². The Morgan fingerprint density at radius 1 is 1.53 bits per heavy atom. The zero-order chi connectivity index (χ0) is 13.8. The van der Waals surface area contributed by atoms with Crippen LogP contribution in [0.15, 0.2) is 18.3 Å². The summed E-state index contributed by atoms with van der Waals surface area (Å²) in [5, 5.41) is 6.15. The molecule has 19 heavy (non-hydrogen) atoms. The number of pyridine rings is 1. The molecule has 1 aromatic rings. The van der Waals surface area contributed by atoms with E-state index in [-0.39, 0.29) is 17.9 Å². The smallest absolute Gasteiger partial charge is 0.238 e. The van der Waals surface area contributed by atoms with Crippen LogP contribution in [0.4, 0.5) is 5.69 Å². The van der Waals surface area contributed by atoms with Crippen LogP contribution >= 0.6 is 0 Å². The summed E-state index contributed by atoms with van der Waals surface area (Å²) >= 11 is 0. The molecule has 0 aliphatic carbocycles. The Morgan fingerprint density at radius 3 is 2.95 bits per heavy atom. The number of amides is 1. The van der Waals surface area contributed by atoms with Gasteiger partial charge < -0.3 is 15.4 Å². The van der Waals surface area contributed by atoms with Crippen molar-refractivity contribution in [3.63, 3.8) is 0 Å². The van der Waals surface area contributed by atoms with E-state index in [1.54, 1.807) is 12.3 Å². The number of aromatic nitrogens is 1. The van der Waals surface area contributed by atoms with Gasteiger partial charge in [-0.3, -0.25) is 4.79 Å². The summed E-state index contributed by atoms with van der Waals surface area (Å²) in [5.74, 6) is 0.863. The third-order valence-electron chi connectivity index (χ3n) is 3.23. The van der Waals surface area contributed by atoms with Gasteiger partial charge in [-0.15, -0.1) is 0 Å². The molecule has 0 unspecified atom stereocenters. The molecule has 1 aliphatic heterocycles. The highest BCUT2D eigenvalue weighted by atomic mass is 16.5. The molecule has 5 nitrogen and oxygen atoms in total. The second-order valence-corrected chi connectivity index (χ2v) is 5.25. The van der Waals surface area contributed by atoms with Gasteiger partial charge in [0.25, 0.3) is 0 Å². The molecule has 2 N–H and O–H groups in total. The molecule has 0 radical (unpaired) electrons. The maximum absolute atomic E-state index is 12.2. The van der Waals surface area contributed by atoms with Gasteiger partial charge >= 0.3 is 0 Å². The number of nitrogens with zero attached hydrogens (tertiary/aromatic N) is 1. The number of hydrogen-bond acceptors (Lipinski definition) is 4. The first-order chi connectivity index (χ1) is 9.08. The molecular formula is C14H21N3O2. The van der Waals surface area contributed by atoms with Crippen molar-refractivity contribution in [1.82, 2.24) is 10.3 Å². The maximum atomic E-state index is 12.2. The fourth-order valence-electron chi connectivity index (χ4n) is 2.19. The Bertz CT molecular complexity index is 448. The zero-order valence-electron chi connectivity index (χ0n) is 11.6. The van der Waals surface area contributed by atoms with Gasteiger partial charge in [0.1, 0.15) is 5.69 Å². The van der Waals surface area contributed by atoms with Crippen LogP contribution in [0, 0.1) is 11.8 Å². The van der Waals surface area contributed by atoms with E-state index in [4.69, 9.17) is 4.74 Å². The van der Waals surface area contributed by atoms with E-state index in [2.05, 4.69) is 22.5 Å². The van der Waals surface area contributed by atoms with E-state index in [0.29, 0.717) is 17.5 Å². The SMILES string of the molecule is CC(C)Oc1ncccc1NC(=O)[C@@H]1CNC[C@H]1C. The molecule has 0 saturated carbocycles. The van der Waals surface area contributed by atoms with Gasteiger partial charge in [0, 0.05) is 12.7 Å². The number of carbonyl (C=O) groups is 1. The number of anilines is 1. The highest BCUT2D eigenvalue weighted by Gasteiger charge is 2.30. The minimum Gasteiger partial charge on any atom is -0.473 e. The molecule has 1 amide bonds. The summed E-state index contributed by atoms with van der Waals surface area (Å²) in [4.78, 5) is 16.4. The van der Waals surface area contributed by atoms with Crippen LogP contribution in [0.2, 0.25) is 0 Å². The van der Waals surface area contributed by atoms with E-state index in [0.717, 1.165) is 13.1 Å². The fourth-order valence-corrected chi connectivity index (χ4v) is 2.19. The van der Waals surface area contributed by atoms with E-state index in [1.165, 1.54) is 0 Å². The molecule has 5 heteroatoms. The minimum atomic E-state index is 0.00658. The average molecular weight is 263 g/mol. The van der Waals surface area contributed by atoms with E-state index >= 15 is 0 Å². The van der Waals surface area contributed by atoms with Crippen LogP contribution in [-0.2, 0) is 4.79 Å². The van der Waals surface area contributed by atoms with Gasteiger partial charge in [0.05, 0.1) is 12.0 Å². The molecular weight excluding hydrogens is 242 g/mol. The summed E-state index contributed by atoms with van der Waals surface area (Å²) in [6.45, 7) is 7.57. The Labute approximate surface area is 113 Å². The largest absolute Gasteiger partial charge is 0.473 e. The van der Waals surface area contributed by atoms with Crippen molar-refractivity contribution >= 4 is 11.6 Å². The Kier molecular flexibility index (Phi) is 4.37. The van der Waals surface area contributed by atoms with Crippen LogP contribution in [0.25, 0.3) is 0 Å². The summed E-state index contributed by atoms with van der Waals surface area (Å²) in [7, 11) is 0. The molecule has 1 aromatic heterocycles. The lowest BCUT2D eigenvalue weighted by molar-refractivity contribution is -0.120. The minimum absolute atomic E-state index is 0.00658. The molecule has 0 aromatic carbocycles. The van der Waals surface area contributed by atoms with E-state index in [1.807, 2.05) is 19.9 Å². The summed E-state index contributed by atoms with van der Waals surface area (Å²) in [5.41, 5.74) is 0.639. The molecule has 0 spiro atoms. The second-order valence-electron chi connectivity index (χ2n) is 5.25. The Morgan fingerprint density at radius 2 is 2.32 bits per heavy atom. The quantitative estimate of drug-likeness (QED) is 0.867. The molecule has 2 atom stereocenters. The van der Waals surface area contributed by atoms with Crippen molar-refractivity contribution in [3.8, 4) is 5.88 Å². The van der Waals surface area contributed by atoms with Crippen LogP contribution in [0.1, 0.15) is 20.8 Å². The van der Waals surface area contributed by atoms with Crippen molar-refractivity contribution < 1.29 is 9.53 Å². The Balaban J connectivity index is 2.08. The summed E-state index contributed by atoms with van der Waals surface area (Å²) in [6.07, 6.45) is 1.69. The lowest BCUT2D eigenvalue weighted by Gasteiger charge is -2.17. The molecule has 104 valence electrons.